The standard InChI is InChI=1S/C14H19ClOS/c1-10(2)7-8-17-11(3)14(16)12-5-4-6-13(15)9-12/h4-6,9-11H,7-8H2,1-3H3. The summed E-state index contributed by atoms with van der Waals surface area (Å²) in [6.45, 7) is 6.36. The van der Waals surface area contributed by atoms with E-state index in [2.05, 4.69) is 13.8 Å². The Morgan fingerprint density at radius 3 is 2.65 bits per heavy atom. The fraction of sp³-hybridized carbons (Fsp3) is 0.500. The van der Waals surface area contributed by atoms with Gasteiger partial charge in [-0.2, -0.15) is 11.8 Å². The molecular formula is C14H19ClOS. The molecule has 0 aromatic heterocycles. The Labute approximate surface area is 113 Å². The average Bonchev–Trinajstić information content (AvgIpc) is 2.27. The van der Waals surface area contributed by atoms with Crippen LogP contribution in [0.1, 0.15) is 37.6 Å². The van der Waals surface area contributed by atoms with Gasteiger partial charge in [-0.1, -0.05) is 37.6 Å². The van der Waals surface area contributed by atoms with Gasteiger partial charge in [0.15, 0.2) is 5.78 Å². The number of halogens is 1. The minimum Gasteiger partial charge on any atom is -0.293 e. The molecule has 0 amide bonds. The molecule has 0 aliphatic heterocycles. The Balaban J connectivity index is 2.52. The first-order valence-electron chi connectivity index (χ1n) is 5.92. The predicted octanol–water partition coefficient (Wildman–Crippen LogP) is 4.69. The second-order valence-electron chi connectivity index (χ2n) is 4.57. The Hall–Kier alpha value is -0.470. The van der Waals surface area contributed by atoms with Crippen molar-refractivity contribution in [2.75, 3.05) is 5.75 Å². The zero-order valence-corrected chi connectivity index (χ0v) is 12.1. The molecule has 0 fully saturated rings. The Bertz CT molecular complexity index is 376. The van der Waals surface area contributed by atoms with Crippen LogP contribution in [-0.2, 0) is 0 Å². The molecule has 0 saturated heterocycles. The van der Waals surface area contributed by atoms with Gasteiger partial charge in [0.2, 0.25) is 0 Å². The third kappa shape index (κ3) is 5.13. The van der Waals surface area contributed by atoms with Gasteiger partial charge < -0.3 is 0 Å². The van der Waals surface area contributed by atoms with Crippen molar-refractivity contribution in [3.63, 3.8) is 0 Å². The van der Waals surface area contributed by atoms with Crippen LogP contribution in [0, 0.1) is 5.92 Å². The molecule has 0 N–H and O–H groups in total. The highest BCUT2D eigenvalue weighted by atomic mass is 35.5. The maximum Gasteiger partial charge on any atom is 0.175 e. The molecule has 1 unspecified atom stereocenters. The second kappa shape index (κ2) is 7.07. The van der Waals surface area contributed by atoms with Crippen molar-refractivity contribution < 1.29 is 4.79 Å². The van der Waals surface area contributed by atoms with Crippen LogP contribution < -0.4 is 0 Å². The van der Waals surface area contributed by atoms with Crippen LogP contribution in [0.25, 0.3) is 0 Å². The van der Waals surface area contributed by atoms with Gasteiger partial charge in [-0.3, -0.25) is 4.79 Å². The van der Waals surface area contributed by atoms with Crippen LogP contribution in [0.15, 0.2) is 24.3 Å². The Morgan fingerprint density at radius 2 is 2.06 bits per heavy atom. The average molecular weight is 271 g/mol. The third-order valence-corrected chi connectivity index (χ3v) is 3.96. The van der Waals surface area contributed by atoms with E-state index in [1.54, 1.807) is 23.9 Å². The van der Waals surface area contributed by atoms with E-state index in [-0.39, 0.29) is 11.0 Å². The highest BCUT2D eigenvalue weighted by Gasteiger charge is 2.15. The molecule has 0 radical (unpaired) electrons. The summed E-state index contributed by atoms with van der Waals surface area (Å²) < 4.78 is 0. The van der Waals surface area contributed by atoms with Crippen molar-refractivity contribution in [3.05, 3.63) is 34.9 Å². The first-order chi connectivity index (χ1) is 8.00. The first-order valence-corrected chi connectivity index (χ1v) is 7.34. The van der Waals surface area contributed by atoms with Gasteiger partial charge >= 0.3 is 0 Å². The predicted molar refractivity (Wildman–Crippen MR) is 77.2 cm³/mol. The quantitative estimate of drug-likeness (QED) is 0.698. The number of ketones is 1. The van der Waals surface area contributed by atoms with Crippen molar-refractivity contribution >= 4 is 29.1 Å². The molecule has 0 saturated carbocycles. The van der Waals surface area contributed by atoms with E-state index in [1.807, 2.05) is 19.1 Å². The van der Waals surface area contributed by atoms with E-state index in [0.717, 1.165) is 12.2 Å². The van der Waals surface area contributed by atoms with Gasteiger partial charge in [0.1, 0.15) is 0 Å². The van der Waals surface area contributed by atoms with E-state index in [9.17, 15) is 4.79 Å². The second-order valence-corrected chi connectivity index (χ2v) is 6.46. The van der Waals surface area contributed by atoms with Crippen LogP contribution in [0.5, 0.6) is 0 Å². The monoisotopic (exact) mass is 270 g/mol. The zero-order valence-electron chi connectivity index (χ0n) is 10.6. The molecule has 0 aliphatic carbocycles. The lowest BCUT2D eigenvalue weighted by Crippen LogP contribution is -2.14. The third-order valence-electron chi connectivity index (χ3n) is 2.54. The maximum absolute atomic E-state index is 12.1. The fourth-order valence-corrected chi connectivity index (χ4v) is 2.87. The lowest BCUT2D eigenvalue weighted by Gasteiger charge is -2.11. The van der Waals surface area contributed by atoms with Gasteiger partial charge in [0.25, 0.3) is 0 Å². The van der Waals surface area contributed by atoms with Crippen molar-refractivity contribution in [2.45, 2.75) is 32.4 Å². The number of carbonyl (C=O) groups excluding carboxylic acids is 1. The van der Waals surface area contributed by atoms with E-state index in [1.165, 1.54) is 0 Å². The Morgan fingerprint density at radius 1 is 1.35 bits per heavy atom. The fourth-order valence-electron chi connectivity index (χ4n) is 1.43. The highest BCUT2D eigenvalue weighted by molar-refractivity contribution is 8.00. The SMILES string of the molecule is CC(C)CCSC(C)C(=O)c1cccc(Cl)c1. The largest absolute Gasteiger partial charge is 0.293 e. The molecule has 1 rings (SSSR count). The number of Topliss-reactive ketones (excluding diaryl/α,β-unsaturated/α-hetero) is 1. The molecule has 3 heteroatoms. The van der Waals surface area contributed by atoms with Crippen molar-refractivity contribution in [3.8, 4) is 0 Å². The minimum absolute atomic E-state index is 0.00668. The lowest BCUT2D eigenvalue weighted by atomic mass is 10.1. The van der Waals surface area contributed by atoms with Gasteiger partial charge in [0, 0.05) is 10.6 Å². The zero-order chi connectivity index (χ0) is 12.8. The summed E-state index contributed by atoms with van der Waals surface area (Å²) in [6, 6.07) is 7.17. The molecule has 94 valence electrons. The summed E-state index contributed by atoms with van der Waals surface area (Å²) in [4.78, 5) is 12.1. The number of hydrogen-bond donors (Lipinski definition) is 0. The van der Waals surface area contributed by atoms with Gasteiger partial charge in [-0.05, 0) is 37.1 Å². The molecule has 1 atom stereocenters. The van der Waals surface area contributed by atoms with Crippen LogP contribution in [0.2, 0.25) is 5.02 Å². The number of rotatable bonds is 6. The topological polar surface area (TPSA) is 17.1 Å². The molecule has 0 aliphatic rings. The van der Waals surface area contributed by atoms with Gasteiger partial charge in [0.05, 0.1) is 5.25 Å². The Kier molecular flexibility index (Phi) is 6.07. The summed E-state index contributed by atoms with van der Waals surface area (Å²) in [7, 11) is 0. The smallest absolute Gasteiger partial charge is 0.175 e. The van der Waals surface area contributed by atoms with Crippen LogP contribution in [-0.4, -0.2) is 16.8 Å². The molecule has 1 nitrogen and oxygen atoms in total. The highest BCUT2D eigenvalue weighted by Crippen LogP contribution is 2.20. The number of benzene rings is 1. The van der Waals surface area contributed by atoms with E-state index in [4.69, 9.17) is 11.6 Å². The summed E-state index contributed by atoms with van der Waals surface area (Å²) in [5.74, 6) is 1.89. The van der Waals surface area contributed by atoms with Crippen LogP contribution in [0.4, 0.5) is 0 Å². The van der Waals surface area contributed by atoms with E-state index >= 15 is 0 Å². The normalized spacial score (nSPS) is 12.8. The first kappa shape index (κ1) is 14.6. The minimum atomic E-state index is 0.00668. The van der Waals surface area contributed by atoms with Crippen LogP contribution >= 0.6 is 23.4 Å². The molecular weight excluding hydrogens is 252 g/mol. The van der Waals surface area contributed by atoms with E-state index < -0.39 is 0 Å². The summed E-state index contributed by atoms with van der Waals surface area (Å²) in [6.07, 6.45) is 1.15. The van der Waals surface area contributed by atoms with Crippen molar-refractivity contribution in [1.29, 1.82) is 0 Å². The molecule has 0 heterocycles. The number of thioether (sulfide) groups is 1. The molecule has 0 spiro atoms. The maximum atomic E-state index is 12.1. The number of hydrogen-bond acceptors (Lipinski definition) is 2. The van der Waals surface area contributed by atoms with Gasteiger partial charge in [-0.15, -0.1) is 0 Å². The van der Waals surface area contributed by atoms with Crippen LogP contribution in [0.3, 0.4) is 0 Å². The lowest BCUT2D eigenvalue weighted by molar-refractivity contribution is 0.0994. The molecule has 0 bridgehead atoms. The number of carbonyl (C=O) groups is 1. The van der Waals surface area contributed by atoms with Gasteiger partial charge in [-0.25, -0.2) is 0 Å². The molecule has 1 aromatic carbocycles. The van der Waals surface area contributed by atoms with Crippen molar-refractivity contribution in [1.82, 2.24) is 0 Å². The van der Waals surface area contributed by atoms with E-state index in [0.29, 0.717) is 16.5 Å². The summed E-state index contributed by atoms with van der Waals surface area (Å²) in [5.41, 5.74) is 0.710. The summed E-state index contributed by atoms with van der Waals surface area (Å²) >= 11 is 7.60. The molecule has 1 aromatic rings. The summed E-state index contributed by atoms with van der Waals surface area (Å²) in [5, 5.41) is 0.627. The molecule has 17 heavy (non-hydrogen) atoms. The van der Waals surface area contributed by atoms with Crippen molar-refractivity contribution in [2.24, 2.45) is 5.92 Å².